The van der Waals surface area contributed by atoms with Gasteiger partial charge in [0.25, 0.3) is 5.91 Å². The van der Waals surface area contributed by atoms with E-state index in [1.807, 2.05) is 0 Å². The Hall–Kier alpha value is -3.21. The van der Waals surface area contributed by atoms with Crippen LogP contribution in [0, 0.1) is 0 Å². The van der Waals surface area contributed by atoms with E-state index >= 15 is 0 Å². The number of nitrogens with zero attached hydrogens (tertiary/aromatic N) is 3. The maximum Gasteiger partial charge on any atom is 0.416 e. The number of amides is 2. The molecule has 1 heterocycles. The Morgan fingerprint density at radius 2 is 1.97 bits per heavy atom. The molecule has 0 spiro atoms. The first-order chi connectivity index (χ1) is 14.2. The van der Waals surface area contributed by atoms with Crippen LogP contribution in [0.5, 0.6) is 5.75 Å². The van der Waals surface area contributed by atoms with Crippen molar-refractivity contribution >= 4 is 34.4 Å². The van der Waals surface area contributed by atoms with Crippen molar-refractivity contribution in [1.82, 2.24) is 0 Å². The van der Waals surface area contributed by atoms with Crippen LogP contribution in [-0.4, -0.2) is 27.3 Å². The van der Waals surface area contributed by atoms with Crippen molar-refractivity contribution in [3.8, 4) is 5.75 Å². The average molecular weight is 436 g/mol. The summed E-state index contributed by atoms with van der Waals surface area (Å²) < 4.78 is 38.3. The quantitative estimate of drug-likeness (QED) is 0.679. The molecule has 0 aromatic heterocycles. The van der Waals surface area contributed by atoms with Crippen LogP contribution < -0.4 is 5.32 Å². The number of carbonyl (C=O) groups excluding carboxylic acids is 2. The molecule has 0 fully saturated rings. The Balaban J connectivity index is 1.53. The predicted molar refractivity (Wildman–Crippen MR) is 105 cm³/mol. The number of azo groups is 1. The van der Waals surface area contributed by atoms with Gasteiger partial charge in [-0.1, -0.05) is 36.0 Å². The standard InChI is InChI=1S/C19H15F3N4O3S/c20-19(21,22)12-5-3-6-13(8-12)24-16(28)9-15-17(29)25-18(30-15)26-23-10-11-4-1-2-7-14(11)27/h1-8,15,27H,9-10H2,(H,24,28)/t15-/m0/s1. The molecule has 2 aromatic carbocycles. The zero-order chi connectivity index (χ0) is 21.7. The lowest BCUT2D eigenvalue weighted by Crippen LogP contribution is -2.21. The number of thioether (sulfide) groups is 1. The molecular formula is C19H15F3N4O3S. The lowest BCUT2D eigenvalue weighted by Gasteiger charge is -2.11. The highest BCUT2D eigenvalue weighted by atomic mass is 32.2. The second kappa shape index (κ2) is 9.08. The number of para-hydroxylation sites is 1. The number of alkyl halides is 3. The van der Waals surface area contributed by atoms with E-state index in [0.717, 1.165) is 23.9 Å². The highest BCUT2D eigenvalue weighted by Crippen LogP contribution is 2.31. The minimum atomic E-state index is -4.53. The van der Waals surface area contributed by atoms with Crippen molar-refractivity contribution in [2.24, 2.45) is 15.2 Å². The molecule has 1 aliphatic heterocycles. The van der Waals surface area contributed by atoms with Crippen LogP contribution in [0.2, 0.25) is 0 Å². The summed E-state index contributed by atoms with van der Waals surface area (Å²) in [7, 11) is 0. The summed E-state index contributed by atoms with van der Waals surface area (Å²) in [4.78, 5) is 27.8. The molecule has 2 N–H and O–H groups in total. The van der Waals surface area contributed by atoms with E-state index in [0.29, 0.717) is 5.56 Å². The summed E-state index contributed by atoms with van der Waals surface area (Å²) in [6, 6.07) is 10.8. The number of rotatable bonds is 5. The summed E-state index contributed by atoms with van der Waals surface area (Å²) in [5, 5.41) is 19.0. The Kier molecular flexibility index (Phi) is 6.50. The zero-order valence-electron chi connectivity index (χ0n) is 15.3. The second-order valence-electron chi connectivity index (χ2n) is 6.20. The van der Waals surface area contributed by atoms with Gasteiger partial charge >= 0.3 is 6.18 Å². The average Bonchev–Trinajstić information content (AvgIpc) is 3.02. The van der Waals surface area contributed by atoms with Crippen LogP contribution in [-0.2, 0) is 22.3 Å². The third-order valence-corrected chi connectivity index (χ3v) is 5.00. The monoisotopic (exact) mass is 436 g/mol. The van der Waals surface area contributed by atoms with Gasteiger partial charge in [-0.3, -0.25) is 9.59 Å². The first-order valence-corrected chi connectivity index (χ1v) is 9.51. The molecule has 1 aliphatic rings. The van der Waals surface area contributed by atoms with E-state index in [1.165, 1.54) is 18.2 Å². The Morgan fingerprint density at radius 1 is 1.20 bits per heavy atom. The molecule has 7 nitrogen and oxygen atoms in total. The lowest BCUT2D eigenvalue weighted by molar-refractivity contribution is -0.137. The summed E-state index contributed by atoms with van der Waals surface area (Å²) in [6.45, 7) is 0.0845. The first-order valence-electron chi connectivity index (χ1n) is 8.63. The number of carbonyl (C=O) groups is 2. The van der Waals surface area contributed by atoms with E-state index in [4.69, 9.17) is 0 Å². The van der Waals surface area contributed by atoms with Gasteiger partial charge in [0, 0.05) is 17.7 Å². The number of anilines is 1. The molecule has 0 bridgehead atoms. The number of amidine groups is 1. The van der Waals surface area contributed by atoms with Gasteiger partial charge in [-0.05, 0) is 24.3 Å². The third kappa shape index (κ3) is 5.66. The number of hydrogen-bond donors (Lipinski definition) is 2. The van der Waals surface area contributed by atoms with Crippen LogP contribution in [0.4, 0.5) is 18.9 Å². The fourth-order valence-electron chi connectivity index (χ4n) is 2.52. The molecule has 3 rings (SSSR count). The molecule has 2 aromatic rings. The van der Waals surface area contributed by atoms with E-state index in [9.17, 15) is 27.9 Å². The van der Waals surface area contributed by atoms with Crippen molar-refractivity contribution in [1.29, 1.82) is 0 Å². The van der Waals surface area contributed by atoms with E-state index in [2.05, 4.69) is 20.5 Å². The van der Waals surface area contributed by atoms with Gasteiger partial charge in [0.05, 0.1) is 12.1 Å². The van der Waals surface area contributed by atoms with Crippen LogP contribution >= 0.6 is 11.8 Å². The Bertz CT molecular complexity index is 1020. The Labute approximate surface area is 173 Å². The van der Waals surface area contributed by atoms with Crippen molar-refractivity contribution in [3.63, 3.8) is 0 Å². The first kappa shape index (κ1) is 21.5. The minimum absolute atomic E-state index is 0.0197. The number of phenolic OH excluding ortho intramolecular Hbond substituents is 1. The number of halogens is 3. The summed E-state index contributed by atoms with van der Waals surface area (Å²) in [5.74, 6) is -1.13. The van der Waals surface area contributed by atoms with Gasteiger partial charge < -0.3 is 10.4 Å². The molecule has 2 amide bonds. The van der Waals surface area contributed by atoms with Crippen molar-refractivity contribution in [3.05, 3.63) is 59.7 Å². The molecule has 30 heavy (non-hydrogen) atoms. The van der Waals surface area contributed by atoms with Gasteiger partial charge in [-0.15, -0.1) is 5.11 Å². The van der Waals surface area contributed by atoms with Crippen molar-refractivity contribution in [2.75, 3.05) is 5.32 Å². The molecular weight excluding hydrogens is 421 g/mol. The SMILES string of the molecule is O=C(C[C@@H]1SC(N=NCc2ccccc2O)=NC1=O)Nc1cccc(C(F)(F)F)c1. The van der Waals surface area contributed by atoms with E-state index in [1.54, 1.807) is 18.2 Å². The largest absolute Gasteiger partial charge is 0.508 e. The highest BCUT2D eigenvalue weighted by molar-refractivity contribution is 8.15. The fourth-order valence-corrected chi connectivity index (χ4v) is 3.41. The third-order valence-electron chi connectivity index (χ3n) is 3.96. The van der Waals surface area contributed by atoms with Crippen LogP contribution in [0.15, 0.2) is 63.8 Å². The smallest absolute Gasteiger partial charge is 0.416 e. The summed E-state index contributed by atoms with van der Waals surface area (Å²) >= 11 is 0.941. The van der Waals surface area contributed by atoms with Gasteiger partial charge in [0.2, 0.25) is 11.1 Å². The van der Waals surface area contributed by atoms with Crippen molar-refractivity contribution in [2.45, 2.75) is 24.4 Å². The molecule has 0 aliphatic carbocycles. The Morgan fingerprint density at radius 3 is 2.70 bits per heavy atom. The normalized spacial score (nSPS) is 16.7. The highest BCUT2D eigenvalue weighted by Gasteiger charge is 2.32. The molecule has 0 saturated carbocycles. The van der Waals surface area contributed by atoms with Gasteiger partial charge in [0.1, 0.15) is 11.0 Å². The molecule has 0 radical (unpaired) electrons. The molecule has 1 atom stereocenters. The maximum absolute atomic E-state index is 12.8. The van der Waals surface area contributed by atoms with Crippen LogP contribution in [0.25, 0.3) is 0 Å². The topological polar surface area (TPSA) is 103 Å². The van der Waals surface area contributed by atoms with Crippen molar-refractivity contribution < 1.29 is 27.9 Å². The number of aliphatic imine (C=N–C) groups is 1. The molecule has 0 saturated heterocycles. The number of aromatic hydroxyl groups is 1. The van der Waals surface area contributed by atoms with Gasteiger partial charge in [-0.2, -0.15) is 23.3 Å². The minimum Gasteiger partial charge on any atom is -0.508 e. The molecule has 0 unspecified atom stereocenters. The van der Waals surface area contributed by atoms with Gasteiger partial charge in [0.15, 0.2) is 0 Å². The van der Waals surface area contributed by atoms with Gasteiger partial charge in [-0.25, -0.2) is 0 Å². The summed E-state index contributed by atoms with van der Waals surface area (Å²) in [6.07, 6.45) is -4.80. The predicted octanol–water partition coefficient (Wildman–Crippen LogP) is 4.39. The summed E-state index contributed by atoms with van der Waals surface area (Å²) in [5.41, 5.74) is -0.357. The number of nitrogens with one attached hydrogen (secondary N) is 1. The lowest BCUT2D eigenvalue weighted by atomic mass is 10.2. The second-order valence-corrected chi connectivity index (χ2v) is 7.37. The van der Waals surface area contributed by atoms with E-state index < -0.39 is 28.8 Å². The van der Waals surface area contributed by atoms with E-state index in [-0.39, 0.29) is 29.6 Å². The number of hydrogen-bond acceptors (Lipinski definition) is 6. The van der Waals surface area contributed by atoms with Crippen LogP contribution in [0.1, 0.15) is 17.5 Å². The molecule has 11 heteroatoms. The number of benzene rings is 2. The zero-order valence-corrected chi connectivity index (χ0v) is 16.1. The number of phenols is 1. The molecule has 156 valence electrons. The maximum atomic E-state index is 12.8. The fraction of sp³-hybridized carbons (Fsp3) is 0.211. The van der Waals surface area contributed by atoms with Crippen LogP contribution in [0.3, 0.4) is 0 Å².